The largest absolute Gasteiger partial charge is 0.381 e. The Kier molecular flexibility index (Phi) is 4.31. The van der Waals surface area contributed by atoms with Crippen LogP contribution in [0.5, 0.6) is 0 Å². The minimum atomic E-state index is 0.404. The van der Waals surface area contributed by atoms with Crippen LogP contribution in [0.1, 0.15) is 19.3 Å². The first-order valence-electron chi connectivity index (χ1n) is 5.79. The van der Waals surface area contributed by atoms with Gasteiger partial charge in [-0.05, 0) is 25.5 Å². The molecule has 2 fully saturated rings. The van der Waals surface area contributed by atoms with Gasteiger partial charge in [0.25, 0.3) is 0 Å². The summed E-state index contributed by atoms with van der Waals surface area (Å²) in [6, 6.07) is 0.580. The van der Waals surface area contributed by atoms with Crippen LogP contribution in [0.2, 0.25) is 0 Å². The van der Waals surface area contributed by atoms with E-state index in [9.17, 15) is 0 Å². The van der Waals surface area contributed by atoms with Crippen molar-refractivity contribution in [3.63, 3.8) is 0 Å². The summed E-state index contributed by atoms with van der Waals surface area (Å²) < 4.78 is 11.2. The highest BCUT2D eigenvalue weighted by Crippen LogP contribution is 2.33. The lowest BCUT2D eigenvalue weighted by molar-refractivity contribution is 0.0763. The van der Waals surface area contributed by atoms with Crippen molar-refractivity contribution >= 4 is 11.8 Å². The molecule has 2 rings (SSSR count). The number of ether oxygens (including phenoxy) is 2. The molecule has 3 nitrogen and oxygen atoms in total. The Labute approximate surface area is 96.3 Å². The molecule has 1 unspecified atom stereocenters. The van der Waals surface area contributed by atoms with Gasteiger partial charge in [-0.15, -0.1) is 0 Å². The van der Waals surface area contributed by atoms with Gasteiger partial charge in [0, 0.05) is 37.2 Å². The Balaban J connectivity index is 1.78. The molecule has 0 aromatic carbocycles. The fourth-order valence-corrected chi connectivity index (χ4v) is 3.02. The van der Waals surface area contributed by atoms with E-state index in [4.69, 9.17) is 9.47 Å². The van der Waals surface area contributed by atoms with E-state index in [2.05, 4.69) is 11.6 Å². The Hall–Kier alpha value is 0.230. The molecule has 0 aromatic heterocycles. The van der Waals surface area contributed by atoms with Crippen molar-refractivity contribution in [3.05, 3.63) is 0 Å². The number of rotatable bonds is 4. The summed E-state index contributed by atoms with van der Waals surface area (Å²) in [4.78, 5) is 0. The van der Waals surface area contributed by atoms with Crippen LogP contribution >= 0.6 is 11.8 Å². The third kappa shape index (κ3) is 3.09. The summed E-state index contributed by atoms with van der Waals surface area (Å²) in [6.07, 6.45) is 5.74. The van der Waals surface area contributed by atoms with Gasteiger partial charge in [0.05, 0.1) is 6.61 Å². The zero-order valence-corrected chi connectivity index (χ0v) is 10.3. The Morgan fingerprint density at radius 1 is 1.27 bits per heavy atom. The van der Waals surface area contributed by atoms with Crippen LogP contribution in [-0.2, 0) is 9.47 Å². The third-order valence-electron chi connectivity index (χ3n) is 3.48. The molecule has 2 aliphatic rings. The average molecular weight is 231 g/mol. The fourth-order valence-electron chi connectivity index (χ4n) is 2.22. The Bertz CT molecular complexity index is 189. The predicted octanol–water partition coefficient (Wildman–Crippen LogP) is 1.28. The summed E-state index contributed by atoms with van der Waals surface area (Å²) >= 11 is 1.99. The van der Waals surface area contributed by atoms with Crippen LogP contribution in [0.25, 0.3) is 0 Å². The normalized spacial score (nSPS) is 30.6. The Morgan fingerprint density at radius 3 is 2.67 bits per heavy atom. The lowest BCUT2D eigenvalue weighted by atomic mass is 9.98. The van der Waals surface area contributed by atoms with Gasteiger partial charge in [-0.25, -0.2) is 0 Å². The van der Waals surface area contributed by atoms with Gasteiger partial charge < -0.3 is 14.8 Å². The van der Waals surface area contributed by atoms with Crippen LogP contribution < -0.4 is 5.32 Å². The molecule has 2 aliphatic heterocycles. The zero-order chi connectivity index (χ0) is 10.6. The van der Waals surface area contributed by atoms with Gasteiger partial charge in [0.2, 0.25) is 0 Å². The van der Waals surface area contributed by atoms with Crippen molar-refractivity contribution in [1.29, 1.82) is 0 Å². The number of thioether (sulfide) groups is 1. The second-order valence-electron chi connectivity index (χ2n) is 4.44. The molecule has 0 aromatic rings. The average Bonchev–Trinajstić information content (AvgIpc) is 2.81. The summed E-state index contributed by atoms with van der Waals surface area (Å²) in [6.45, 7) is 4.76. The molecule has 15 heavy (non-hydrogen) atoms. The van der Waals surface area contributed by atoms with Gasteiger partial charge >= 0.3 is 0 Å². The van der Waals surface area contributed by atoms with Crippen LogP contribution in [0.3, 0.4) is 0 Å². The van der Waals surface area contributed by atoms with Crippen LogP contribution in [0, 0.1) is 0 Å². The lowest BCUT2D eigenvalue weighted by Gasteiger charge is -2.36. The van der Waals surface area contributed by atoms with Gasteiger partial charge in [0.1, 0.15) is 0 Å². The summed E-state index contributed by atoms with van der Waals surface area (Å²) in [7, 11) is 0. The summed E-state index contributed by atoms with van der Waals surface area (Å²) in [5.41, 5.74) is 0. The molecule has 4 heteroatoms. The second kappa shape index (κ2) is 5.53. The van der Waals surface area contributed by atoms with Gasteiger partial charge in [0.15, 0.2) is 0 Å². The van der Waals surface area contributed by atoms with Crippen LogP contribution in [0.4, 0.5) is 0 Å². The maximum atomic E-state index is 5.43. The minimum absolute atomic E-state index is 0.404. The molecule has 1 N–H and O–H groups in total. The van der Waals surface area contributed by atoms with E-state index in [0.717, 1.165) is 33.0 Å². The molecule has 0 spiro atoms. The first kappa shape index (κ1) is 11.7. The Morgan fingerprint density at radius 2 is 2.07 bits per heavy atom. The van der Waals surface area contributed by atoms with Crippen molar-refractivity contribution in [3.8, 4) is 0 Å². The third-order valence-corrected chi connectivity index (χ3v) is 4.90. The van der Waals surface area contributed by atoms with Gasteiger partial charge in [-0.3, -0.25) is 0 Å². The molecular formula is C11H21NO2S. The summed E-state index contributed by atoms with van der Waals surface area (Å²) in [5, 5.41) is 3.64. The topological polar surface area (TPSA) is 30.5 Å². The first-order chi connectivity index (χ1) is 7.35. The maximum absolute atomic E-state index is 5.43. The van der Waals surface area contributed by atoms with E-state index in [1.807, 2.05) is 11.8 Å². The van der Waals surface area contributed by atoms with Crippen molar-refractivity contribution in [2.75, 3.05) is 39.2 Å². The molecule has 0 saturated carbocycles. The molecule has 0 bridgehead atoms. The predicted molar refractivity (Wildman–Crippen MR) is 63.5 cm³/mol. The van der Waals surface area contributed by atoms with E-state index in [1.165, 1.54) is 19.3 Å². The van der Waals surface area contributed by atoms with Crippen LogP contribution in [-0.4, -0.2) is 50.0 Å². The first-order valence-corrected chi connectivity index (χ1v) is 7.01. The summed E-state index contributed by atoms with van der Waals surface area (Å²) in [5.74, 6) is 0. The monoisotopic (exact) mass is 231 g/mol. The second-order valence-corrected chi connectivity index (χ2v) is 5.72. The van der Waals surface area contributed by atoms with E-state index in [1.54, 1.807) is 0 Å². The van der Waals surface area contributed by atoms with Crippen molar-refractivity contribution < 1.29 is 9.47 Å². The smallest absolute Gasteiger partial charge is 0.0620 e. The molecule has 0 aliphatic carbocycles. The number of nitrogens with one attached hydrogen (secondary N) is 1. The van der Waals surface area contributed by atoms with Crippen molar-refractivity contribution in [2.24, 2.45) is 0 Å². The zero-order valence-electron chi connectivity index (χ0n) is 9.46. The highest BCUT2D eigenvalue weighted by atomic mass is 32.2. The molecular weight excluding hydrogens is 210 g/mol. The standard InChI is InChI=1S/C11H21NO2S/c1-15-11(3-6-13-7-4-11)9-12-10-2-5-14-8-10/h10,12H,2-9H2,1H3. The molecule has 0 amide bonds. The number of hydrogen-bond donors (Lipinski definition) is 1. The lowest BCUT2D eigenvalue weighted by Crippen LogP contribution is -2.45. The maximum Gasteiger partial charge on any atom is 0.0620 e. The van der Waals surface area contributed by atoms with E-state index < -0.39 is 0 Å². The highest BCUT2D eigenvalue weighted by Gasteiger charge is 2.32. The molecule has 0 radical (unpaired) electrons. The van der Waals surface area contributed by atoms with Gasteiger partial charge in [-0.1, -0.05) is 0 Å². The molecule has 88 valence electrons. The SMILES string of the molecule is CSC1(CNC2CCOC2)CCOCC1. The molecule has 2 heterocycles. The van der Waals surface area contributed by atoms with E-state index >= 15 is 0 Å². The van der Waals surface area contributed by atoms with Crippen LogP contribution in [0.15, 0.2) is 0 Å². The van der Waals surface area contributed by atoms with Gasteiger partial charge in [-0.2, -0.15) is 11.8 Å². The minimum Gasteiger partial charge on any atom is -0.381 e. The van der Waals surface area contributed by atoms with E-state index in [0.29, 0.717) is 10.8 Å². The fraction of sp³-hybridized carbons (Fsp3) is 1.00. The van der Waals surface area contributed by atoms with E-state index in [-0.39, 0.29) is 0 Å². The molecule has 2 saturated heterocycles. The van der Waals surface area contributed by atoms with Crippen molar-refractivity contribution in [2.45, 2.75) is 30.1 Å². The quantitative estimate of drug-likeness (QED) is 0.789. The molecule has 1 atom stereocenters. The highest BCUT2D eigenvalue weighted by molar-refractivity contribution is 8.00. The van der Waals surface area contributed by atoms with Crippen molar-refractivity contribution in [1.82, 2.24) is 5.32 Å². The number of hydrogen-bond acceptors (Lipinski definition) is 4.